The zero-order valence-corrected chi connectivity index (χ0v) is 8.58. The number of nitrogens with zero attached hydrogens (tertiary/aromatic N) is 3. The smallest absolute Gasteiger partial charge is 0.356 e. The molecule has 0 amide bonds. The Kier molecular flexibility index (Phi) is 1.92. The molecule has 6 heteroatoms. The molecule has 1 N–H and O–H groups in total. The highest BCUT2D eigenvalue weighted by molar-refractivity contribution is 7.15. The summed E-state index contributed by atoms with van der Waals surface area (Å²) in [6, 6.07) is 0. The van der Waals surface area contributed by atoms with Crippen LogP contribution in [0.1, 0.15) is 10.5 Å². The molecule has 5 nitrogen and oxygen atoms in total. The van der Waals surface area contributed by atoms with E-state index < -0.39 is 5.97 Å². The lowest BCUT2D eigenvalue weighted by atomic mass is 10.4. The van der Waals surface area contributed by atoms with Crippen molar-refractivity contribution in [2.45, 2.75) is 0 Å². The van der Waals surface area contributed by atoms with Crippen LogP contribution in [-0.2, 0) is 0 Å². The minimum absolute atomic E-state index is 0.214. The third-order valence-corrected chi connectivity index (χ3v) is 2.63. The number of imidazole rings is 1. The van der Waals surface area contributed by atoms with Crippen LogP contribution in [0.15, 0.2) is 11.6 Å². The van der Waals surface area contributed by atoms with Gasteiger partial charge in [0, 0.05) is 25.7 Å². The molecule has 2 heterocycles. The molecule has 0 aliphatic heterocycles. The molecule has 0 saturated heterocycles. The van der Waals surface area contributed by atoms with E-state index in [2.05, 4.69) is 4.98 Å². The molecule has 14 heavy (non-hydrogen) atoms. The van der Waals surface area contributed by atoms with E-state index in [0.717, 1.165) is 0 Å². The molecule has 0 unspecified atom stereocenters. The van der Waals surface area contributed by atoms with Gasteiger partial charge in [-0.2, -0.15) is 0 Å². The lowest BCUT2D eigenvalue weighted by Gasteiger charge is -2.08. The molecule has 0 aliphatic rings. The zero-order valence-electron chi connectivity index (χ0n) is 7.76. The molecular formula is C8H9N3O2S. The van der Waals surface area contributed by atoms with Crippen LogP contribution in [0.2, 0.25) is 0 Å². The number of thiazole rings is 1. The van der Waals surface area contributed by atoms with E-state index in [1.54, 1.807) is 29.6 Å². The quantitative estimate of drug-likeness (QED) is 0.809. The second-order valence-electron chi connectivity index (χ2n) is 3.04. The van der Waals surface area contributed by atoms with Crippen LogP contribution in [0.3, 0.4) is 0 Å². The van der Waals surface area contributed by atoms with E-state index in [0.29, 0.717) is 10.8 Å². The van der Waals surface area contributed by atoms with E-state index in [-0.39, 0.29) is 5.69 Å². The molecule has 2 aromatic rings. The standard InChI is InChI=1S/C8H9N3O2S/c1-10(2)6-5(7(12)13)11-3-4-14-8(11)9-6/h3-4H,1-2H3,(H,12,13). The predicted octanol–water partition coefficient (Wildman–Crippen LogP) is 1.16. The van der Waals surface area contributed by atoms with Gasteiger partial charge >= 0.3 is 5.97 Å². The number of carboxylic acids is 1. The van der Waals surface area contributed by atoms with E-state index in [4.69, 9.17) is 5.11 Å². The first kappa shape index (κ1) is 9.01. The van der Waals surface area contributed by atoms with Crippen LogP contribution in [0.25, 0.3) is 4.96 Å². The summed E-state index contributed by atoms with van der Waals surface area (Å²) in [4.78, 5) is 17.6. The van der Waals surface area contributed by atoms with Crippen LogP contribution in [0, 0.1) is 0 Å². The van der Waals surface area contributed by atoms with Crippen LogP contribution in [-0.4, -0.2) is 34.6 Å². The van der Waals surface area contributed by atoms with Gasteiger partial charge in [-0.25, -0.2) is 9.78 Å². The van der Waals surface area contributed by atoms with E-state index in [1.165, 1.54) is 11.3 Å². The predicted molar refractivity (Wildman–Crippen MR) is 54.4 cm³/mol. The minimum Gasteiger partial charge on any atom is -0.476 e. The third-order valence-electron chi connectivity index (χ3n) is 1.87. The number of rotatable bonds is 2. The van der Waals surface area contributed by atoms with Gasteiger partial charge in [0.15, 0.2) is 16.5 Å². The number of carbonyl (C=O) groups is 1. The summed E-state index contributed by atoms with van der Waals surface area (Å²) in [5.74, 6) is -0.469. The van der Waals surface area contributed by atoms with Gasteiger partial charge in [0.25, 0.3) is 0 Å². The van der Waals surface area contributed by atoms with Crippen LogP contribution < -0.4 is 4.90 Å². The fourth-order valence-corrected chi connectivity index (χ4v) is 1.99. The van der Waals surface area contributed by atoms with Gasteiger partial charge < -0.3 is 10.0 Å². The number of aromatic carboxylic acids is 1. The van der Waals surface area contributed by atoms with Gasteiger partial charge in [-0.3, -0.25) is 4.40 Å². The van der Waals surface area contributed by atoms with Crippen molar-refractivity contribution >= 4 is 28.1 Å². The first-order valence-corrected chi connectivity index (χ1v) is 4.85. The van der Waals surface area contributed by atoms with Crippen molar-refractivity contribution in [2.75, 3.05) is 19.0 Å². The number of anilines is 1. The van der Waals surface area contributed by atoms with Gasteiger partial charge in [0.05, 0.1) is 0 Å². The first-order chi connectivity index (χ1) is 6.61. The summed E-state index contributed by atoms with van der Waals surface area (Å²) in [6.07, 6.45) is 1.71. The molecule has 0 atom stereocenters. The average molecular weight is 211 g/mol. The Morgan fingerprint density at radius 2 is 2.36 bits per heavy atom. The largest absolute Gasteiger partial charge is 0.476 e. The highest BCUT2D eigenvalue weighted by Crippen LogP contribution is 2.22. The number of carboxylic acid groups (broad SMARTS) is 1. The van der Waals surface area contributed by atoms with Crippen molar-refractivity contribution in [3.63, 3.8) is 0 Å². The maximum absolute atomic E-state index is 11.0. The zero-order chi connectivity index (χ0) is 10.3. The topological polar surface area (TPSA) is 57.8 Å². The maximum atomic E-state index is 11.0. The number of aromatic nitrogens is 2. The fourth-order valence-electron chi connectivity index (χ4n) is 1.28. The Hall–Kier alpha value is -1.56. The van der Waals surface area contributed by atoms with Crippen LogP contribution in [0.5, 0.6) is 0 Å². The van der Waals surface area contributed by atoms with Crippen molar-refractivity contribution in [1.29, 1.82) is 0 Å². The Balaban J connectivity index is 2.76. The minimum atomic E-state index is -0.959. The van der Waals surface area contributed by atoms with Gasteiger partial charge in [0.1, 0.15) is 0 Å². The molecule has 0 spiro atoms. The Morgan fingerprint density at radius 3 is 2.93 bits per heavy atom. The van der Waals surface area contributed by atoms with Crippen molar-refractivity contribution < 1.29 is 9.90 Å². The molecule has 0 radical (unpaired) electrons. The Bertz CT molecular complexity index is 486. The van der Waals surface area contributed by atoms with Gasteiger partial charge in [0.2, 0.25) is 0 Å². The van der Waals surface area contributed by atoms with Crippen LogP contribution in [0.4, 0.5) is 5.82 Å². The Morgan fingerprint density at radius 1 is 1.64 bits per heavy atom. The highest BCUT2D eigenvalue weighted by Gasteiger charge is 2.20. The number of fused-ring (bicyclic) bond motifs is 1. The summed E-state index contributed by atoms with van der Waals surface area (Å²) < 4.78 is 1.59. The second kappa shape index (κ2) is 2.98. The normalized spacial score (nSPS) is 10.7. The summed E-state index contributed by atoms with van der Waals surface area (Å²) in [5.41, 5.74) is 0.214. The second-order valence-corrected chi connectivity index (χ2v) is 3.91. The van der Waals surface area contributed by atoms with Gasteiger partial charge in [-0.05, 0) is 0 Å². The molecular weight excluding hydrogens is 202 g/mol. The molecule has 0 aliphatic carbocycles. The van der Waals surface area contributed by atoms with Crippen molar-refractivity contribution in [3.8, 4) is 0 Å². The summed E-state index contributed by atoms with van der Waals surface area (Å²) in [7, 11) is 3.55. The van der Waals surface area contributed by atoms with Crippen LogP contribution >= 0.6 is 11.3 Å². The number of hydrogen-bond donors (Lipinski definition) is 1. The lowest BCUT2D eigenvalue weighted by Crippen LogP contribution is -2.14. The monoisotopic (exact) mass is 211 g/mol. The van der Waals surface area contributed by atoms with E-state index in [9.17, 15) is 4.79 Å². The van der Waals surface area contributed by atoms with Crippen molar-refractivity contribution in [2.24, 2.45) is 0 Å². The summed E-state index contributed by atoms with van der Waals surface area (Å²) in [6.45, 7) is 0. The van der Waals surface area contributed by atoms with Gasteiger partial charge in [-0.1, -0.05) is 0 Å². The van der Waals surface area contributed by atoms with Gasteiger partial charge in [-0.15, -0.1) is 11.3 Å². The number of hydrogen-bond acceptors (Lipinski definition) is 4. The Labute approximate surface area is 84.2 Å². The van der Waals surface area contributed by atoms with Crippen molar-refractivity contribution in [3.05, 3.63) is 17.3 Å². The molecule has 0 fully saturated rings. The third kappa shape index (κ3) is 1.15. The first-order valence-electron chi connectivity index (χ1n) is 3.97. The molecule has 2 aromatic heterocycles. The van der Waals surface area contributed by atoms with Crippen molar-refractivity contribution in [1.82, 2.24) is 9.38 Å². The summed E-state index contributed by atoms with van der Waals surface area (Å²) in [5, 5.41) is 10.9. The molecule has 0 saturated carbocycles. The lowest BCUT2D eigenvalue weighted by molar-refractivity contribution is 0.0690. The fraction of sp³-hybridized carbons (Fsp3) is 0.250. The van der Waals surface area contributed by atoms with E-state index in [1.807, 2.05) is 5.38 Å². The molecule has 0 aromatic carbocycles. The average Bonchev–Trinajstić information content (AvgIpc) is 2.58. The maximum Gasteiger partial charge on any atom is 0.356 e. The summed E-state index contributed by atoms with van der Waals surface area (Å²) >= 11 is 1.42. The van der Waals surface area contributed by atoms with E-state index >= 15 is 0 Å². The highest BCUT2D eigenvalue weighted by atomic mass is 32.1. The molecule has 74 valence electrons. The SMILES string of the molecule is CN(C)c1nc2sccn2c1C(=O)O. The molecule has 0 bridgehead atoms. The molecule has 2 rings (SSSR count).